The van der Waals surface area contributed by atoms with E-state index in [1.54, 1.807) is 17.6 Å². The maximum Gasteiger partial charge on any atom is 0.354 e. The minimum atomic E-state index is -0.528. The predicted molar refractivity (Wildman–Crippen MR) is 157 cm³/mol. The van der Waals surface area contributed by atoms with Crippen LogP contribution in [0.1, 0.15) is 81.6 Å². The summed E-state index contributed by atoms with van der Waals surface area (Å²) in [5.41, 5.74) is 7.92. The molecule has 1 saturated heterocycles. The van der Waals surface area contributed by atoms with Crippen LogP contribution in [0.4, 0.5) is 10.1 Å². The van der Waals surface area contributed by atoms with Crippen molar-refractivity contribution in [3.63, 3.8) is 0 Å². The number of alkyl halides is 1. The molecule has 2 heterocycles. The molecule has 5 rings (SSSR count). The van der Waals surface area contributed by atoms with Gasteiger partial charge >= 0.3 is 5.97 Å². The number of benzene rings is 1. The van der Waals surface area contributed by atoms with Crippen molar-refractivity contribution in [1.29, 1.82) is 0 Å². The molecule has 2 saturated carbocycles. The Morgan fingerprint density at radius 3 is 2.46 bits per heavy atom. The highest BCUT2D eigenvalue weighted by molar-refractivity contribution is 6.01. The first-order valence-corrected chi connectivity index (χ1v) is 15.5. The molecule has 3 fully saturated rings. The van der Waals surface area contributed by atoms with Crippen LogP contribution in [0.3, 0.4) is 0 Å². The standard InChI is InChI=1S/C32H45FN4O4/c1-3-41-32(40)28-18-23-17-24(13-14-27(23)36(28)2)35-30(38)29-25(20-7-5-4-6-8-20)15-16-37(29)31(39)22-11-9-21(10-12-22)26(34)19-33/h13-14,17-18,20-22,25-26,29H,3-12,15-16,19,34H2,1-2H3,(H,35,38)/t21-,22-,25-,26?,29-/m0/s1. The SMILES string of the molecule is CCOC(=O)c1cc2cc(NC(=O)[C@@H]3[C@H](C4CCCCC4)CCN3C(=O)[C@H]3CC[C@H](C(N)CF)CC3)ccc2n1C. The fourth-order valence-electron chi connectivity index (χ4n) is 7.65. The summed E-state index contributed by atoms with van der Waals surface area (Å²) in [5.74, 6) is 0.113. The molecule has 0 bridgehead atoms. The Kier molecular flexibility index (Phi) is 9.32. The number of nitrogens with one attached hydrogen (secondary N) is 1. The van der Waals surface area contributed by atoms with Gasteiger partial charge in [-0.15, -0.1) is 0 Å². The van der Waals surface area contributed by atoms with Gasteiger partial charge in [0.25, 0.3) is 0 Å². The average molecular weight is 569 g/mol. The van der Waals surface area contributed by atoms with Crippen LogP contribution in [0.25, 0.3) is 10.9 Å². The number of hydrogen-bond donors (Lipinski definition) is 2. The number of halogens is 1. The quantitative estimate of drug-likeness (QED) is 0.426. The van der Waals surface area contributed by atoms with Gasteiger partial charge in [0.1, 0.15) is 18.4 Å². The van der Waals surface area contributed by atoms with Gasteiger partial charge in [0.15, 0.2) is 0 Å². The van der Waals surface area contributed by atoms with E-state index < -0.39 is 18.8 Å². The molecule has 1 aromatic carbocycles. The molecule has 2 aromatic rings. The number of carbonyl (C=O) groups is 3. The van der Waals surface area contributed by atoms with Crippen LogP contribution in [-0.2, 0) is 21.4 Å². The van der Waals surface area contributed by atoms with Crippen molar-refractivity contribution in [2.24, 2.45) is 36.5 Å². The Morgan fingerprint density at radius 1 is 1.05 bits per heavy atom. The summed E-state index contributed by atoms with van der Waals surface area (Å²) in [6, 6.07) is 6.44. The minimum Gasteiger partial charge on any atom is -0.461 e. The first-order valence-electron chi connectivity index (χ1n) is 15.5. The number of nitrogens with two attached hydrogens (primary N) is 1. The fraction of sp³-hybridized carbons (Fsp3) is 0.656. The number of anilines is 1. The van der Waals surface area contributed by atoms with E-state index in [4.69, 9.17) is 10.5 Å². The molecule has 1 aliphatic heterocycles. The van der Waals surface area contributed by atoms with E-state index in [2.05, 4.69) is 5.32 Å². The lowest BCUT2D eigenvalue weighted by Crippen LogP contribution is -2.50. The lowest BCUT2D eigenvalue weighted by molar-refractivity contribution is -0.142. The molecule has 8 nitrogen and oxygen atoms in total. The van der Waals surface area contributed by atoms with E-state index in [1.807, 2.05) is 30.1 Å². The van der Waals surface area contributed by atoms with Crippen molar-refractivity contribution >= 4 is 34.4 Å². The molecule has 9 heteroatoms. The molecule has 1 unspecified atom stereocenters. The zero-order chi connectivity index (χ0) is 29.1. The van der Waals surface area contributed by atoms with Gasteiger partial charge in [-0.05, 0) is 81.0 Å². The maximum atomic E-state index is 14.0. The first kappa shape index (κ1) is 29.5. The number of fused-ring (bicyclic) bond motifs is 1. The number of rotatable bonds is 8. The van der Waals surface area contributed by atoms with Crippen LogP contribution in [0.2, 0.25) is 0 Å². The van der Waals surface area contributed by atoms with Gasteiger partial charge in [-0.3, -0.25) is 9.59 Å². The summed E-state index contributed by atoms with van der Waals surface area (Å²) in [5, 5.41) is 3.96. The van der Waals surface area contributed by atoms with E-state index in [9.17, 15) is 18.8 Å². The number of aromatic nitrogens is 1. The van der Waals surface area contributed by atoms with Crippen molar-refractivity contribution in [3.8, 4) is 0 Å². The van der Waals surface area contributed by atoms with Gasteiger partial charge in [-0.1, -0.05) is 32.1 Å². The van der Waals surface area contributed by atoms with E-state index in [1.165, 1.54) is 19.3 Å². The highest BCUT2D eigenvalue weighted by Crippen LogP contribution is 2.41. The van der Waals surface area contributed by atoms with Crippen molar-refractivity contribution < 1.29 is 23.5 Å². The van der Waals surface area contributed by atoms with Gasteiger partial charge in [0, 0.05) is 42.1 Å². The maximum absolute atomic E-state index is 14.0. The van der Waals surface area contributed by atoms with Gasteiger partial charge in [-0.2, -0.15) is 0 Å². The number of nitrogens with zero attached hydrogens (tertiary/aromatic N) is 2. The number of amides is 2. The van der Waals surface area contributed by atoms with E-state index in [-0.39, 0.29) is 35.5 Å². The summed E-state index contributed by atoms with van der Waals surface area (Å²) in [4.78, 5) is 42.1. The van der Waals surface area contributed by atoms with Crippen molar-refractivity contribution in [2.45, 2.75) is 83.2 Å². The second-order valence-electron chi connectivity index (χ2n) is 12.3. The van der Waals surface area contributed by atoms with Crippen LogP contribution < -0.4 is 11.1 Å². The number of aryl methyl sites for hydroxylation is 1. The number of ether oxygens (including phenoxy) is 1. The van der Waals surface area contributed by atoms with Crippen LogP contribution in [-0.4, -0.2) is 59.2 Å². The molecule has 224 valence electrons. The third kappa shape index (κ3) is 6.15. The Hall–Kier alpha value is -2.94. The van der Waals surface area contributed by atoms with Crippen LogP contribution >= 0.6 is 0 Å². The molecule has 3 atom stereocenters. The predicted octanol–water partition coefficient (Wildman–Crippen LogP) is 5.19. The molecule has 2 aliphatic carbocycles. The largest absolute Gasteiger partial charge is 0.461 e. The smallest absolute Gasteiger partial charge is 0.354 e. The van der Waals surface area contributed by atoms with Gasteiger partial charge < -0.3 is 25.3 Å². The summed E-state index contributed by atoms with van der Waals surface area (Å²) >= 11 is 0. The Labute approximate surface area is 242 Å². The molecule has 1 aromatic heterocycles. The normalized spacial score (nSPS) is 26.2. The molecule has 2 amide bonds. The Morgan fingerprint density at radius 2 is 1.78 bits per heavy atom. The monoisotopic (exact) mass is 568 g/mol. The second-order valence-corrected chi connectivity index (χ2v) is 12.3. The highest BCUT2D eigenvalue weighted by atomic mass is 19.1. The number of likely N-dealkylation sites (tertiary alicyclic amines) is 1. The third-order valence-corrected chi connectivity index (χ3v) is 9.95. The molecule has 0 spiro atoms. The van der Waals surface area contributed by atoms with Crippen molar-refractivity contribution in [3.05, 3.63) is 30.0 Å². The van der Waals surface area contributed by atoms with E-state index in [0.717, 1.165) is 43.0 Å². The highest BCUT2D eigenvalue weighted by Gasteiger charge is 2.47. The van der Waals surface area contributed by atoms with Gasteiger partial charge in [0.05, 0.1) is 6.61 Å². The van der Waals surface area contributed by atoms with Crippen molar-refractivity contribution in [1.82, 2.24) is 9.47 Å². The topological polar surface area (TPSA) is 107 Å². The Bertz CT molecular complexity index is 1250. The van der Waals surface area contributed by atoms with E-state index >= 15 is 0 Å². The molecule has 41 heavy (non-hydrogen) atoms. The second kappa shape index (κ2) is 12.9. The summed E-state index contributed by atoms with van der Waals surface area (Å²) in [7, 11) is 1.82. The lowest BCUT2D eigenvalue weighted by Gasteiger charge is -2.36. The van der Waals surface area contributed by atoms with Crippen LogP contribution in [0, 0.1) is 23.7 Å². The summed E-state index contributed by atoms with van der Waals surface area (Å²) in [6.45, 7) is 2.15. The zero-order valence-electron chi connectivity index (χ0n) is 24.4. The first-order chi connectivity index (χ1) is 19.8. The summed E-state index contributed by atoms with van der Waals surface area (Å²) in [6.07, 6.45) is 9.55. The molecule has 3 N–H and O–H groups in total. The number of carbonyl (C=O) groups excluding carboxylic acids is 3. The fourth-order valence-corrected chi connectivity index (χ4v) is 7.65. The zero-order valence-corrected chi connectivity index (χ0v) is 24.4. The summed E-state index contributed by atoms with van der Waals surface area (Å²) < 4.78 is 20.1. The molecule has 0 radical (unpaired) electrons. The van der Waals surface area contributed by atoms with Crippen LogP contribution in [0.5, 0.6) is 0 Å². The molecular formula is C32H45FN4O4. The average Bonchev–Trinajstić information content (AvgIpc) is 3.58. The molecule has 3 aliphatic rings. The molecular weight excluding hydrogens is 523 g/mol. The minimum absolute atomic E-state index is 0.0633. The third-order valence-electron chi connectivity index (χ3n) is 9.95. The van der Waals surface area contributed by atoms with Crippen molar-refractivity contribution in [2.75, 3.05) is 25.1 Å². The van der Waals surface area contributed by atoms with Crippen LogP contribution in [0.15, 0.2) is 24.3 Å². The number of hydrogen-bond acceptors (Lipinski definition) is 5. The van der Waals surface area contributed by atoms with Gasteiger partial charge in [0.2, 0.25) is 11.8 Å². The Balaban J connectivity index is 1.35. The number of esters is 1. The van der Waals surface area contributed by atoms with Gasteiger partial charge in [-0.25, -0.2) is 9.18 Å². The lowest BCUT2D eigenvalue weighted by atomic mass is 9.76. The van der Waals surface area contributed by atoms with E-state index in [0.29, 0.717) is 43.3 Å².